The molecule has 0 bridgehead atoms. The molecule has 0 saturated carbocycles. The lowest BCUT2D eigenvalue weighted by Gasteiger charge is -1.96. The van der Waals surface area contributed by atoms with Crippen molar-refractivity contribution >= 4 is 29.0 Å². The van der Waals surface area contributed by atoms with Gasteiger partial charge < -0.3 is 4.42 Å². The molecule has 4 rings (SSSR count). The number of hydrogen-bond acceptors (Lipinski definition) is 4. The standard InChI is InChI=1S/C16H11ClN2O2S/c17-11-3-1-2-10(8-11)13-5-4-12(21-13)9-14-15(20)19-7-6-18-16(19)22-14/h1-5,8-9H,6-7H2. The van der Waals surface area contributed by atoms with Crippen LogP contribution in [0, 0.1) is 0 Å². The van der Waals surface area contributed by atoms with Crippen molar-refractivity contribution < 1.29 is 4.42 Å². The summed E-state index contributed by atoms with van der Waals surface area (Å²) in [5.74, 6) is 1.37. The van der Waals surface area contributed by atoms with Gasteiger partial charge in [-0.05, 0) is 24.3 Å². The second-order valence-corrected chi connectivity index (χ2v) is 6.39. The van der Waals surface area contributed by atoms with Crippen LogP contribution < -0.4 is 14.9 Å². The Labute approximate surface area is 134 Å². The van der Waals surface area contributed by atoms with Crippen molar-refractivity contribution in [3.8, 4) is 11.3 Å². The van der Waals surface area contributed by atoms with E-state index in [9.17, 15) is 4.79 Å². The van der Waals surface area contributed by atoms with Crippen molar-refractivity contribution in [2.24, 2.45) is 4.99 Å². The summed E-state index contributed by atoms with van der Waals surface area (Å²) in [5, 5.41) is 0.661. The van der Waals surface area contributed by atoms with E-state index in [4.69, 9.17) is 16.0 Å². The zero-order valence-electron chi connectivity index (χ0n) is 11.5. The summed E-state index contributed by atoms with van der Waals surface area (Å²) in [4.78, 5) is 17.3. The lowest BCUT2D eigenvalue weighted by Crippen LogP contribution is -2.29. The number of aromatic nitrogens is 1. The third kappa shape index (κ3) is 2.32. The Morgan fingerprint density at radius 1 is 1.32 bits per heavy atom. The molecule has 0 aliphatic carbocycles. The molecule has 1 aliphatic rings. The first-order valence-corrected chi connectivity index (χ1v) is 8.02. The van der Waals surface area contributed by atoms with E-state index in [2.05, 4.69) is 4.99 Å². The van der Waals surface area contributed by atoms with Crippen molar-refractivity contribution in [1.82, 2.24) is 4.57 Å². The average molecular weight is 331 g/mol. The molecule has 6 heteroatoms. The van der Waals surface area contributed by atoms with Crippen molar-refractivity contribution in [3.63, 3.8) is 0 Å². The largest absolute Gasteiger partial charge is 0.457 e. The number of furan rings is 1. The minimum absolute atomic E-state index is 0.00181. The molecule has 0 radical (unpaired) electrons. The van der Waals surface area contributed by atoms with Crippen LogP contribution in [0.3, 0.4) is 0 Å². The van der Waals surface area contributed by atoms with E-state index < -0.39 is 0 Å². The van der Waals surface area contributed by atoms with E-state index in [1.165, 1.54) is 11.3 Å². The van der Waals surface area contributed by atoms with Gasteiger partial charge in [-0.3, -0.25) is 14.4 Å². The third-order valence-electron chi connectivity index (χ3n) is 3.47. The van der Waals surface area contributed by atoms with Gasteiger partial charge in [0.2, 0.25) is 0 Å². The summed E-state index contributed by atoms with van der Waals surface area (Å²) in [6.45, 7) is 1.37. The number of benzene rings is 1. The number of nitrogens with zero attached hydrogens (tertiary/aromatic N) is 2. The Hall–Kier alpha value is -2.11. The second kappa shape index (κ2) is 5.26. The van der Waals surface area contributed by atoms with E-state index in [0.29, 0.717) is 28.4 Å². The highest BCUT2D eigenvalue weighted by Gasteiger charge is 2.10. The molecule has 2 aromatic heterocycles. The highest BCUT2D eigenvalue weighted by atomic mass is 35.5. The van der Waals surface area contributed by atoms with Crippen LogP contribution in [0.4, 0.5) is 0 Å². The van der Waals surface area contributed by atoms with Gasteiger partial charge >= 0.3 is 0 Å². The number of hydrogen-bond donors (Lipinski definition) is 0. The molecule has 22 heavy (non-hydrogen) atoms. The summed E-state index contributed by atoms with van der Waals surface area (Å²) in [6.07, 6.45) is 1.77. The zero-order chi connectivity index (χ0) is 15.1. The van der Waals surface area contributed by atoms with Crippen LogP contribution in [-0.2, 0) is 6.54 Å². The summed E-state index contributed by atoms with van der Waals surface area (Å²) < 4.78 is 8.15. The van der Waals surface area contributed by atoms with Gasteiger partial charge in [0.25, 0.3) is 5.56 Å². The number of fused-ring (bicyclic) bond motifs is 1. The quantitative estimate of drug-likeness (QED) is 0.724. The fourth-order valence-corrected chi connectivity index (χ4v) is 3.62. The van der Waals surface area contributed by atoms with Gasteiger partial charge in [0, 0.05) is 23.2 Å². The molecule has 1 aromatic carbocycles. The van der Waals surface area contributed by atoms with Crippen LogP contribution in [0.5, 0.6) is 0 Å². The van der Waals surface area contributed by atoms with Gasteiger partial charge in [0.1, 0.15) is 11.5 Å². The molecule has 4 nitrogen and oxygen atoms in total. The summed E-state index contributed by atoms with van der Waals surface area (Å²) >= 11 is 7.39. The second-order valence-electron chi connectivity index (χ2n) is 4.94. The van der Waals surface area contributed by atoms with Crippen LogP contribution in [0.1, 0.15) is 5.76 Å². The first kappa shape index (κ1) is 13.5. The monoisotopic (exact) mass is 330 g/mol. The van der Waals surface area contributed by atoms with Gasteiger partial charge in [0.05, 0.1) is 11.1 Å². The molecule has 110 valence electrons. The first-order valence-electron chi connectivity index (χ1n) is 6.82. The van der Waals surface area contributed by atoms with E-state index in [0.717, 1.165) is 16.1 Å². The predicted molar refractivity (Wildman–Crippen MR) is 86.9 cm³/mol. The molecule has 0 spiro atoms. The first-order chi connectivity index (χ1) is 10.7. The van der Waals surface area contributed by atoms with E-state index >= 15 is 0 Å². The van der Waals surface area contributed by atoms with E-state index in [1.54, 1.807) is 10.6 Å². The van der Waals surface area contributed by atoms with Crippen molar-refractivity contribution in [2.75, 3.05) is 6.54 Å². The molecule has 1 aliphatic heterocycles. The minimum Gasteiger partial charge on any atom is -0.457 e. The molecule has 0 N–H and O–H groups in total. The predicted octanol–water partition coefficient (Wildman–Crippen LogP) is 2.29. The normalized spacial score (nSPS) is 14.1. The average Bonchev–Trinajstić information content (AvgIpc) is 3.20. The Morgan fingerprint density at radius 3 is 3.05 bits per heavy atom. The molecule has 3 aromatic rings. The van der Waals surface area contributed by atoms with Gasteiger partial charge in [-0.15, -0.1) is 0 Å². The summed E-state index contributed by atoms with van der Waals surface area (Å²) in [6, 6.07) is 11.2. The van der Waals surface area contributed by atoms with Crippen molar-refractivity contribution in [2.45, 2.75) is 6.54 Å². The van der Waals surface area contributed by atoms with Gasteiger partial charge in [-0.25, -0.2) is 0 Å². The maximum Gasteiger partial charge on any atom is 0.270 e. The van der Waals surface area contributed by atoms with Gasteiger partial charge in [-0.2, -0.15) is 0 Å². The SMILES string of the molecule is O=c1c(=Cc2ccc(-c3cccc(Cl)c3)o2)sc2n1CCN=2. The Balaban J connectivity index is 1.77. The minimum atomic E-state index is 0.00181. The molecule has 3 heterocycles. The van der Waals surface area contributed by atoms with Crippen LogP contribution in [0.15, 0.2) is 50.6 Å². The maximum atomic E-state index is 12.2. The van der Waals surface area contributed by atoms with Crippen LogP contribution in [0.2, 0.25) is 5.02 Å². The molecule has 0 amide bonds. The maximum absolute atomic E-state index is 12.2. The summed E-state index contributed by atoms with van der Waals surface area (Å²) in [5.41, 5.74) is 0.912. The van der Waals surface area contributed by atoms with Crippen molar-refractivity contribution in [3.05, 3.63) is 66.9 Å². The van der Waals surface area contributed by atoms with E-state index in [1.807, 2.05) is 36.4 Å². The lowest BCUT2D eigenvalue weighted by molar-refractivity contribution is 0.571. The van der Waals surface area contributed by atoms with E-state index in [-0.39, 0.29) is 5.56 Å². The summed E-state index contributed by atoms with van der Waals surface area (Å²) in [7, 11) is 0. The molecule has 0 unspecified atom stereocenters. The fraction of sp³-hybridized carbons (Fsp3) is 0.125. The van der Waals surface area contributed by atoms with Gasteiger partial charge in [0.15, 0.2) is 4.80 Å². The topological polar surface area (TPSA) is 47.5 Å². The number of thiazole rings is 1. The Bertz CT molecular complexity index is 1030. The molecule has 0 atom stereocenters. The van der Waals surface area contributed by atoms with Crippen LogP contribution in [-0.4, -0.2) is 11.1 Å². The smallest absolute Gasteiger partial charge is 0.270 e. The highest BCUT2D eigenvalue weighted by Crippen LogP contribution is 2.24. The fourth-order valence-electron chi connectivity index (χ4n) is 2.43. The third-order valence-corrected chi connectivity index (χ3v) is 4.75. The zero-order valence-corrected chi connectivity index (χ0v) is 13.0. The lowest BCUT2D eigenvalue weighted by atomic mass is 10.2. The van der Waals surface area contributed by atoms with Gasteiger partial charge in [-0.1, -0.05) is 35.1 Å². The molecular formula is C16H11ClN2O2S. The van der Waals surface area contributed by atoms with Crippen LogP contribution in [0.25, 0.3) is 17.4 Å². The van der Waals surface area contributed by atoms with Crippen molar-refractivity contribution in [1.29, 1.82) is 0 Å². The molecule has 0 saturated heterocycles. The van der Waals surface area contributed by atoms with Crippen LogP contribution >= 0.6 is 22.9 Å². The highest BCUT2D eigenvalue weighted by molar-refractivity contribution is 7.07. The number of rotatable bonds is 2. The Morgan fingerprint density at radius 2 is 2.23 bits per heavy atom. The Kier molecular flexibility index (Phi) is 3.24. The number of halogens is 1. The molecule has 0 fully saturated rings. The molecular weight excluding hydrogens is 320 g/mol.